The molecule has 17 heteroatoms. The lowest BCUT2D eigenvalue weighted by atomic mass is 10.0. The maximum Gasteiger partial charge on any atom is 0.352 e. The molecule has 2 amide bonds. The molecular formula is C26H22ClN5O6S5. The minimum atomic E-state index is -1.25. The Morgan fingerprint density at radius 3 is 2.77 bits per heavy atom. The first kappa shape index (κ1) is 30.1. The molecule has 4 N–H and O–H groups in total. The molecule has 2 atom stereocenters. The van der Waals surface area contributed by atoms with Crippen LogP contribution < -0.4 is 16.5 Å². The highest BCUT2D eigenvalue weighted by Crippen LogP contribution is 2.41. The lowest BCUT2D eigenvalue weighted by molar-refractivity contribution is -0.150. The zero-order valence-electron chi connectivity index (χ0n) is 22.0. The highest BCUT2D eigenvalue weighted by Gasteiger charge is 2.54. The van der Waals surface area contributed by atoms with E-state index in [1.54, 1.807) is 22.9 Å². The Morgan fingerprint density at radius 2 is 2.05 bits per heavy atom. The fourth-order valence-electron chi connectivity index (χ4n) is 4.84. The summed E-state index contributed by atoms with van der Waals surface area (Å²) in [7, 11) is 0. The lowest BCUT2D eigenvalue weighted by Gasteiger charge is -2.49. The number of aliphatic carboxylic acids is 1. The van der Waals surface area contributed by atoms with Crippen molar-refractivity contribution in [1.29, 1.82) is 0 Å². The molecule has 6 rings (SSSR count). The van der Waals surface area contributed by atoms with Gasteiger partial charge in [-0.15, -0.1) is 45.8 Å². The summed E-state index contributed by atoms with van der Waals surface area (Å²) in [5.74, 6) is -2.16. The summed E-state index contributed by atoms with van der Waals surface area (Å²) in [4.78, 5) is 62.1. The maximum atomic E-state index is 13.3. The molecule has 3 aromatic rings. The number of thiazole rings is 1. The molecule has 11 nitrogen and oxygen atoms in total. The molecule has 3 aromatic heterocycles. The van der Waals surface area contributed by atoms with Gasteiger partial charge in [0.05, 0.1) is 17.9 Å². The Kier molecular flexibility index (Phi) is 8.84. The normalized spacial score (nSPS) is 21.0. The number of β-lactam (4-membered cyclic amide) rings is 1. The van der Waals surface area contributed by atoms with Crippen LogP contribution in [0.15, 0.2) is 54.4 Å². The first-order valence-electron chi connectivity index (χ1n) is 12.9. The first-order chi connectivity index (χ1) is 20.7. The van der Waals surface area contributed by atoms with Crippen LogP contribution in [0.2, 0.25) is 4.34 Å². The smallest absolute Gasteiger partial charge is 0.352 e. The minimum Gasteiger partial charge on any atom is -0.477 e. The minimum absolute atomic E-state index is 0.0909. The van der Waals surface area contributed by atoms with Gasteiger partial charge in [-0.2, -0.15) is 0 Å². The van der Waals surface area contributed by atoms with Crippen molar-refractivity contribution in [3.8, 4) is 0 Å². The number of hydrogen-bond acceptors (Lipinski definition) is 13. The van der Waals surface area contributed by atoms with Crippen LogP contribution >= 0.6 is 69.1 Å². The van der Waals surface area contributed by atoms with Gasteiger partial charge >= 0.3 is 5.97 Å². The van der Waals surface area contributed by atoms with Crippen LogP contribution in [0, 0.1) is 0 Å². The van der Waals surface area contributed by atoms with Gasteiger partial charge < -0.3 is 21.0 Å². The Labute approximate surface area is 269 Å². The summed E-state index contributed by atoms with van der Waals surface area (Å²) in [6, 6.07) is 2.21. The van der Waals surface area contributed by atoms with Crippen molar-refractivity contribution in [3.63, 3.8) is 0 Å². The predicted molar refractivity (Wildman–Crippen MR) is 172 cm³/mol. The highest BCUT2D eigenvalue weighted by molar-refractivity contribution is 8.04. The number of carboxylic acids is 1. The number of nitrogens with two attached hydrogens (primary N) is 1. The highest BCUT2D eigenvalue weighted by atomic mass is 35.5. The number of amides is 2. The topological polar surface area (TPSA) is 164 Å². The molecule has 0 radical (unpaired) electrons. The number of carboxylic acid groups (broad SMARTS) is 1. The summed E-state index contributed by atoms with van der Waals surface area (Å²) < 4.78 is 2.07. The largest absolute Gasteiger partial charge is 0.477 e. The summed E-state index contributed by atoms with van der Waals surface area (Å²) in [6.45, 7) is 0. The van der Waals surface area contributed by atoms with Gasteiger partial charge in [0.2, 0.25) is 0 Å². The van der Waals surface area contributed by atoms with E-state index in [0.29, 0.717) is 21.0 Å². The van der Waals surface area contributed by atoms with Gasteiger partial charge in [0.25, 0.3) is 11.8 Å². The van der Waals surface area contributed by atoms with Crippen molar-refractivity contribution >= 4 is 107 Å². The van der Waals surface area contributed by atoms with E-state index in [9.17, 15) is 24.3 Å². The number of aromatic nitrogens is 1. The van der Waals surface area contributed by atoms with Crippen molar-refractivity contribution in [2.45, 2.75) is 47.4 Å². The van der Waals surface area contributed by atoms with Gasteiger partial charge in [-0.1, -0.05) is 28.5 Å². The van der Waals surface area contributed by atoms with Crippen LogP contribution in [-0.2, 0) is 19.2 Å². The van der Waals surface area contributed by atoms with E-state index in [1.165, 1.54) is 57.2 Å². The standard InChI is InChI=1S/C26H22ClN5O6S5/c27-16-7-13-15(33)8-17(43-25(13)42-16)39-6-5-11-9-40-23-19(22(35)32(23)20(11)24(36)37)30-21(34)18(14-10-41-26(28)29-14)31-38-12-3-1-2-4-12/h5-8,10,12,19,23H,1-4,9H2,(H2,28,29)(H,30,34)(H,36,37)/b6-5+,31-18-/t19?,23-/m1/s1. The summed E-state index contributed by atoms with van der Waals surface area (Å²) in [6.07, 6.45) is 5.26. The molecule has 1 unspecified atom stereocenters. The van der Waals surface area contributed by atoms with Gasteiger partial charge in [0.1, 0.15) is 28.9 Å². The van der Waals surface area contributed by atoms with E-state index in [2.05, 4.69) is 15.5 Å². The maximum absolute atomic E-state index is 13.3. The summed E-state index contributed by atoms with van der Waals surface area (Å²) in [5, 5.41) is 20.3. The number of allylic oxidation sites excluding steroid dienone is 1. The molecular weight excluding hydrogens is 674 g/mol. The van der Waals surface area contributed by atoms with Gasteiger partial charge in [0, 0.05) is 17.2 Å². The third-order valence-electron chi connectivity index (χ3n) is 6.89. The third kappa shape index (κ3) is 6.21. The molecule has 1 aliphatic carbocycles. The van der Waals surface area contributed by atoms with E-state index >= 15 is 0 Å². The Hall–Kier alpha value is -2.89. The number of rotatable bonds is 9. The molecule has 0 bridgehead atoms. The molecule has 2 aliphatic heterocycles. The SMILES string of the molecule is Nc1nc(/C(=N/OC2CCCC2)C(=O)NC2C(=O)N3C(C(=O)O)=C(/C=C/Sc4cc(=O)c5cc(Cl)sc5s4)CS[C@H]23)cs1. The quantitative estimate of drug-likeness (QED) is 0.123. The van der Waals surface area contributed by atoms with E-state index in [0.717, 1.165) is 45.2 Å². The number of anilines is 1. The van der Waals surface area contributed by atoms with Crippen LogP contribution in [0.5, 0.6) is 0 Å². The Bertz CT molecular complexity index is 1770. The molecule has 224 valence electrons. The predicted octanol–water partition coefficient (Wildman–Crippen LogP) is 4.72. The first-order valence-corrected chi connectivity index (χ1v) is 17.7. The molecule has 5 heterocycles. The van der Waals surface area contributed by atoms with E-state index in [1.807, 2.05) is 0 Å². The number of nitrogens with one attached hydrogen (secondary N) is 1. The average molecular weight is 696 g/mol. The molecule has 0 spiro atoms. The van der Waals surface area contributed by atoms with Crippen LogP contribution in [0.4, 0.5) is 5.13 Å². The Balaban J connectivity index is 1.17. The number of nitrogen functional groups attached to an aromatic ring is 1. The number of thioether (sulfide) groups is 2. The fourth-order valence-corrected chi connectivity index (χ4v) is 10.4. The number of carbonyl (C=O) groups is 3. The van der Waals surface area contributed by atoms with Gasteiger partial charge in [-0.25, -0.2) is 9.78 Å². The van der Waals surface area contributed by atoms with Gasteiger partial charge in [0.15, 0.2) is 16.3 Å². The second-order valence-corrected chi connectivity index (χ2v) is 15.9. The molecule has 2 fully saturated rings. The van der Waals surface area contributed by atoms with E-state index in [-0.39, 0.29) is 33.8 Å². The number of thiophene rings is 1. The van der Waals surface area contributed by atoms with Crippen molar-refractivity contribution in [1.82, 2.24) is 15.2 Å². The zero-order valence-corrected chi connectivity index (χ0v) is 26.8. The number of oxime groups is 1. The van der Waals surface area contributed by atoms with Crippen LogP contribution in [-0.4, -0.2) is 61.8 Å². The second-order valence-electron chi connectivity index (χ2n) is 9.66. The van der Waals surface area contributed by atoms with Crippen molar-refractivity contribution in [3.05, 3.63) is 60.5 Å². The van der Waals surface area contributed by atoms with Crippen LogP contribution in [0.1, 0.15) is 31.4 Å². The number of hydrogen-bond donors (Lipinski definition) is 3. The fraction of sp³-hybridized carbons (Fsp3) is 0.308. The molecule has 3 aliphatic rings. The molecule has 0 aromatic carbocycles. The van der Waals surface area contributed by atoms with Crippen molar-refractivity contribution in [2.75, 3.05) is 11.5 Å². The average Bonchev–Trinajstić information content (AvgIpc) is 3.73. The zero-order chi connectivity index (χ0) is 30.2. The second kappa shape index (κ2) is 12.6. The van der Waals surface area contributed by atoms with E-state index < -0.39 is 29.2 Å². The van der Waals surface area contributed by atoms with Crippen molar-refractivity contribution < 1.29 is 24.3 Å². The molecule has 1 saturated heterocycles. The van der Waals surface area contributed by atoms with Crippen molar-refractivity contribution in [2.24, 2.45) is 5.16 Å². The molecule has 1 saturated carbocycles. The summed E-state index contributed by atoms with van der Waals surface area (Å²) in [5.41, 5.74) is 6.08. The Morgan fingerprint density at radius 1 is 1.26 bits per heavy atom. The number of fused-ring (bicyclic) bond motifs is 2. The van der Waals surface area contributed by atoms with E-state index in [4.69, 9.17) is 22.2 Å². The lowest BCUT2D eigenvalue weighted by Crippen LogP contribution is -2.71. The number of nitrogens with zero attached hydrogens (tertiary/aromatic N) is 3. The van der Waals surface area contributed by atoms with Crippen LogP contribution in [0.25, 0.3) is 9.40 Å². The summed E-state index contributed by atoms with van der Waals surface area (Å²) >= 11 is 12.6. The molecule has 43 heavy (non-hydrogen) atoms. The number of carbonyl (C=O) groups excluding carboxylic acids is 2. The number of halogens is 1. The third-order valence-corrected chi connectivity index (χ3v) is 12.3. The van der Waals surface area contributed by atoms with Crippen LogP contribution in [0.3, 0.4) is 0 Å². The van der Waals surface area contributed by atoms with Gasteiger partial charge in [-0.05, 0) is 48.8 Å². The van der Waals surface area contributed by atoms with Gasteiger partial charge in [-0.3, -0.25) is 19.3 Å². The monoisotopic (exact) mass is 695 g/mol.